The number of hydrogen-bond acceptors (Lipinski definition) is 2. The lowest BCUT2D eigenvalue weighted by atomic mass is 9.78. The predicted octanol–water partition coefficient (Wildman–Crippen LogP) is 0.559. The fraction of sp³-hybridized carbons (Fsp3) is 0.833. The third-order valence-corrected chi connectivity index (χ3v) is 1.75. The van der Waals surface area contributed by atoms with Crippen molar-refractivity contribution in [2.24, 2.45) is 11.7 Å². The monoisotopic (exact) mass is 149 g/mol. The van der Waals surface area contributed by atoms with Crippen LogP contribution in [0.1, 0.15) is 12.8 Å². The van der Waals surface area contributed by atoms with Crippen LogP contribution < -0.4 is 5.73 Å². The van der Waals surface area contributed by atoms with Crippen molar-refractivity contribution in [1.29, 1.82) is 0 Å². The van der Waals surface area contributed by atoms with Crippen LogP contribution in [0.4, 0.5) is 8.78 Å². The van der Waals surface area contributed by atoms with E-state index in [1.807, 2.05) is 0 Å². The maximum absolute atomic E-state index is 12.1. The number of Topliss-reactive ketones (excluding diaryl/α,β-unsaturated/α-hetero) is 1. The van der Waals surface area contributed by atoms with E-state index in [1.165, 1.54) is 0 Å². The molecule has 0 unspecified atom stereocenters. The Bertz CT molecular complexity index is 150. The van der Waals surface area contributed by atoms with Gasteiger partial charge in [-0.2, -0.15) is 0 Å². The number of alkyl halides is 2. The van der Waals surface area contributed by atoms with Crippen LogP contribution in [-0.4, -0.2) is 18.3 Å². The van der Waals surface area contributed by atoms with Crippen molar-refractivity contribution in [3.63, 3.8) is 0 Å². The first-order chi connectivity index (χ1) is 4.55. The minimum atomic E-state index is -2.60. The lowest BCUT2D eigenvalue weighted by Gasteiger charge is -2.33. The minimum Gasteiger partial charge on any atom is -0.324 e. The van der Waals surface area contributed by atoms with Gasteiger partial charge in [0.2, 0.25) is 5.92 Å². The highest BCUT2D eigenvalue weighted by molar-refractivity contribution is 5.83. The Morgan fingerprint density at radius 2 is 2.10 bits per heavy atom. The molecule has 0 saturated heterocycles. The molecule has 0 aliphatic heterocycles. The summed E-state index contributed by atoms with van der Waals surface area (Å²) >= 11 is 0. The number of carbonyl (C=O) groups is 1. The molecule has 0 spiro atoms. The molecule has 10 heavy (non-hydrogen) atoms. The van der Waals surface area contributed by atoms with Gasteiger partial charge in [0.25, 0.3) is 0 Å². The fourth-order valence-corrected chi connectivity index (χ4v) is 1.06. The maximum Gasteiger partial charge on any atom is 0.249 e. The van der Waals surface area contributed by atoms with E-state index in [2.05, 4.69) is 0 Å². The Balaban J connectivity index is 2.33. The molecule has 0 radical (unpaired) electrons. The van der Waals surface area contributed by atoms with Gasteiger partial charge in [-0.1, -0.05) is 0 Å². The Morgan fingerprint density at radius 1 is 1.60 bits per heavy atom. The van der Waals surface area contributed by atoms with Gasteiger partial charge < -0.3 is 5.73 Å². The van der Waals surface area contributed by atoms with Gasteiger partial charge in [-0.3, -0.25) is 4.79 Å². The summed E-state index contributed by atoms with van der Waals surface area (Å²) in [6.45, 7) is -0.110. The third kappa shape index (κ3) is 1.31. The van der Waals surface area contributed by atoms with Gasteiger partial charge in [-0.25, -0.2) is 8.78 Å². The second-order valence-corrected chi connectivity index (χ2v) is 2.63. The Hall–Kier alpha value is -0.510. The second kappa shape index (κ2) is 2.27. The number of ketones is 1. The molecule has 0 bridgehead atoms. The summed E-state index contributed by atoms with van der Waals surface area (Å²) in [4.78, 5) is 10.6. The average Bonchev–Trinajstić information content (AvgIpc) is 1.81. The highest BCUT2D eigenvalue weighted by atomic mass is 19.3. The van der Waals surface area contributed by atoms with Crippen LogP contribution in [0.3, 0.4) is 0 Å². The molecular formula is C6H9F2NO. The number of carbonyl (C=O) groups excluding carboxylic acids is 1. The number of halogens is 2. The van der Waals surface area contributed by atoms with E-state index < -0.39 is 11.8 Å². The van der Waals surface area contributed by atoms with Crippen molar-refractivity contribution in [1.82, 2.24) is 0 Å². The number of nitrogens with two attached hydrogens (primary N) is 1. The molecule has 1 aliphatic rings. The molecule has 0 aromatic rings. The summed E-state index contributed by atoms with van der Waals surface area (Å²) in [5, 5.41) is 0. The topological polar surface area (TPSA) is 43.1 Å². The maximum atomic E-state index is 12.1. The van der Waals surface area contributed by atoms with Crippen LogP contribution in [0, 0.1) is 5.92 Å². The first-order valence-corrected chi connectivity index (χ1v) is 3.16. The molecule has 1 fully saturated rings. The lowest BCUT2D eigenvalue weighted by Crippen LogP contribution is -2.42. The van der Waals surface area contributed by atoms with E-state index in [4.69, 9.17) is 5.73 Å². The van der Waals surface area contributed by atoms with E-state index in [-0.39, 0.29) is 25.2 Å². The van der Waals surface area contributed by atoms with E-state index in [9.17, 15) is 13.6 Å². The summed E-state index contributed by atoms with van der Waals surface area (Å²) in [6, 6.07) is 0. The van der Waals surface area contributed by atoms with E-state index in [1.54, 1.807) is 0 Å². The molecule has 0 aromatic heterocycles. The van der Waals surface area contributed by atoms with Gasteiger partial charge in [0.15, 0.2) is 0 Å². The number of hydrogen-bond donors (Lipinski definition) is 1. The number of rotatable bonds is 2. The largest absolute Gasteiger partial charge is 0.324 e. The summed E-state index contributed by atoms with van der Waals surface area (Å²) in [5.74, 6) is -3.32. The lowest BCUT2D eigenvalue weighted by molar-refractivity contribution is -0.146. The third-order valence-electron chi connectivity index (χ3n) is 1.75. The van der Waals surface area contributed by atoms with Crippen LogP contribution >= 0.6 is 0 Å². The molecule has 0 amide bonds. The standard InChI is InChI=1S/C6H9F2NO/c7-6(8)1-4(2-6)5(10)3-9/h4H,1-3,9H2. The molecule has 4 heteroatoms. The molecule has 1 aliphatic carbocycles. The van der Waals surface area contributed by atoms with Crippen LogP contribution in [0.15, 0.2) is 0 Å². The summed E-state index contributed by atoms with van der Waals surface area (Å²) in [7, 11) is 0. The first kappa shape index (κ1) is 7.60. The Morgan fingerprint density at radius 3 is 2.40 bits per heavy atom. The van der Waals surface area contributed by atoms with Gasteiger partial charge in [0.1, 0.15) is 5.78 Å². The van der Waals surface area contributed by atoms with Crippen molar-refractivity contribution in [2.75, 3.05) is 6.54 Å². The Kier molecular flexibility index (Phi) is 1.72. The smallest absolute Gasteiger partial charge is 0.249 e. The summed E-state index contributed by atoms with van der Waals surface area (Å²) in [5.41, 5.74) is 4.98. The zero-order chi connectivity index (χ0) is 7.78. The van der Waals surface area contributed by atoms with Crippen molar-refractivity contribution in [2.45, 2.75) is 18.8 Å². The average molecular weight is 149 g/mol. The molecular weight excluding hydrogens is 140 g/mol. The molecule has 0 aromatic carbocycles. The Labute approximate surface area is 57.4 Å². The van der Waals surface area contributed by atoms with Crippen molar-refractivity contribution in [3.8, 4) is 0 Å². The van der Waals surface area contributed by atoms with Gasteiger partial charge in [-0.05, 0) is 0 Å². The summed E-state index contributed by atoms with van der Waals surface area (Å²) in [6.07, 6.45) is -0.605. The van der Waals surface area contributed by atoms with Crippen molar-refractivity contribution >= 4 is 5.78 Å². The van der Waals surface area contributed by atoms with E-state index in [0.717, 1.165) is 0 Å². The molecule has 1 saturated carbocycles. The van der Waals surface area contributed by atoms with Gasteiger partial charge in [0.05, 0.1) is 6.54 Å². The molecule has 0 heterocycles. The van der Waals surface area contributed by atoms with Crippen LogP contribution in [0.5, 0.6) is 0 Å². The second-order valence-electron chi connectivity index (χ2n) is 2.63. The molecule has 2 nitrogen and oxygen atoms in total. The van der Waals surface area contributed by atoms with Crippen LogP contribution in [0.25, 0.3) is 0 Å². The SMILES string of the molecule is NCC(=O)C1CC(F)(F)C1. The zero-order valence-electron chi connectivity index (χ0n) is 5.44. The van der Waals surface area contributed by atoms with Gasteiger partial charge >= 0.3 is 0 Å². The highest BCUT2D eigenvalue weighted by Crippen LogP contribution is 2.42. The molecule has 1 rings (SSSR count). The first-order valence-electron chi connectivity index (χ1n) is 3.16. The van der Waals surface area contributed by atoms with Crippen LogP contribution in [0.2, 0.25) is 0 Å². The molecule has 0 atom stereocenters. The summed E-state index contributed by atoms with van der Waals surface area (Å²) < 4.78 is 24.2. The van der Waals surface area contributed by atoms with E-state index >= 15 is 0 Å². The minimum absolute atomic E-state index is 0.110. The molecule has 58 valence electrons. The predicted molar refractivity (Wildman–Crippen MR) is 31.7 cm³/mol. The zero-order valence-corrected chi connectivity index (χ0v) is 5.44. The van der Waals surface area contributed by atoms with Crippen molar-refractivity contribution < 1.29 is 13.6 Å². The van der Waals surface area contributed by atoms with E-state index in [0.29, 0.717) is 0 Å². The van der Waals surface area contributed by atoms with Crippen molar-refractivity contribution in [3.05, 3.63) is 0 Å². The quantitative estimate of drug-likeness (QED) is 0.623. The normalized spacial score (nSPS) is 23.9. The van der Waals surface area contributed by atoms with Gasteiger partial charge in [-0.15, -0.1) is 0 Å². The molecule has 2 N–H and O–H groups in total. The van der Waals surface area contributed by atoms with Gasteiger partial charge in [0, 0.05) is 18.8 Å². The van der Waals surface area contributed by atoms with Crippen LogP contribution in [-0.2, 0) is 4.79 Å². The fourth-order valence-electron chi connectivity index (χ4n) is 1.06. The highest BCUT2D eigenvalue weighted by Gasteiger charge is 2.47.